The van der Waals surface area contributed by atoms with E-state index in [0.717, 1.165) is 25.1 Å². The Morgan fingerprint density at radius 2 is 1.45 bits per heavy atom. The molecule has 4 rings (SSSR count). The molecule has 4 aromatic carbocycles. The second-order valence-corrected chi connectivity index (χ2v) is 7.67. The Kier molecular flexibility index (Phi) is 8.52. The number of nitrogens with one attached hydrogen (secondary N) is 1. The summed E-state index contributed by atoms with van der Waals surface area (Å²) in [5.74, 6) is 0.952. The second-order valence-electron chi connectivity index (χ2n) is 7.67. The number of fused-ring (bicyclic) bond motifs is 1. The Hall–Kier alpha value is -2.81. The molecule has 0 aliphatic rings. The van der Waals surface area contributed by atoms with Crippen molar-refractivity contribution in [3.8, 4) is 5.75 Å². The van der Waals surface area contributed by atoms with Gasteiger partial charge in [0.15, 0.2) is 0 Å². The average molecular weight is 432 g/mol. The van der Waals surface area contributed by atoms with Crippen molar-refractivity contribution in [1.82, 2.24) is 5.32 Å². The molecule has 2 nitrogen and oxygen atoms in total. The van der Waals surface area contributed by atoms with Gasteiger partial charge in [-0.25, -0.2) is 0 Å². The molecule has 0 heterocycles. The van der Waals surface area contributed by atoms with Crippen LogP contribution >= 0.6 is 12.4 Å². The van der Waals surface area contributed by atoms with Crippen LogP contribution in [-0.2, 0) is 13.2 Å². The van der Waals surface area contributed by atoms with Gasteiger partial charge in [0.05, 0.1) is 0 Å². The lowest BCUT2D eigenvalue weighted by molar-refractivity contribution is 0.302. The molecule has 31 heavy (non-hydrogen) atoms. The molecule has 1 atom stereocenters. The van der Waals surface area contributed by atoms with Crippen molar-refractivity contribution < 1.29 is 4.74 Å². The van der Waals surface area contributed by atoms with Gasteiger partial charge >= 0.3 is 0 Å². The van der Waals surface area contributed by atoms with Crippen LogP contribution in [0.25, 0.3) is 10.8 Å². The molecule has 0 aliphatic heterocycles. The first-order valence-electron chi connectivity index (χ1n) is 10.8. The van der Waals surface area contributed by atoms with Gasteiger partial charge in [0, 0.05) is 18.2 Å². The van der Waals surface area contributed by atoms with Crippen LogP contribution in [0.5, 0.6) is 5.75 Å². The molecule has 0 radical (unpaired) electrons. The van der Waals surface area contributed by atoms with E-state index < -0.39 is 0 Å². The predicted octanol–water partition coefficient (Wildman–Crippen LogP) is 7.47. The minimum atomic E-state index is 0. The smallest absolute Gasteiger partial charge is 0.124 e. The lowest BCUT2D eigenvalue weighted by atomic mass is 10.00. The van der Waals surface area contributed by atoms with E-state index in [1.54, 1.807) is 0 Å². The number of hydrogen-bond acceptors (Lipinski definition) is 2. The number of hydrogen-bond donors (Lipinski definition) is 1. The standard InChI is InChI=1S/C28H29NO.ClH/c1-2-11-27(24-15-7-4-8-16-24)29-20-26-25-17-10-9-14-23(25)18-19-28(26)30-21-22-12-5-3-6-13-22;/h3-10,12-19,27,29H,2,11,20-21H2,1H3;1H. The molecule has 0 bridgehead atoms. The molecule has 0 aromatic heterocycles. The first-order valence-corrected chi connectivity index (χ1v) is 10.8. The molecular formula is C28H30ClNO. The largest absolute Gasteiger partial charge is 0.489 e. The van der Waals surface area contributed by atoms with Crippen molar-refractivity contribution in [1.29, 1.82) is 0 Å². The van der Waals surface area contributed by atoms with Crippen LogP contribution in [0.15, 0.2) is 97.1 Å². The summed E-state index contributed by atoms with van der Waals surface area (Å²) in [6, 6.07) is 34.2. The van der Waals surface area contributed by atoms with Crippen LogP contribution in [0.4, 0.5) is 0 Å². The lowest BCUT2D eigenvalue weighted by Crippen LogP contribution is -2.21. The van der Waals surface area contributed by atoms with Crippen LogP contribution in [0.2, 0.25) is 0 Å². The maximum atomic E-state index is 6.29. The molecular weight excluding hydrogens is 402 g/mol. The minimum absolute atomic E-state index is 0. The van der Waals surface area contributed by atoms with Crippen LogP contribution in [-0.4, -0.2) is 0 Å². The summed E-state index contributed by atoms with van der Waals surface area (Å²) < 4.78 is 6.29. The quantitative estimate of drug-likeness (QED) is 0.296. The summed E-state index contributed by atoms with van der Waals surface area (Å²) in [6.45, 7) is 3.58. The van der Waals surface area contributed by atoms with Gasteiger partial charge in [-0.2, -0.15) is 0 Å². The Morgan fingerprint density at radius 1 is 0.774 bits per heavy atom. The van der Waals surface area contributed by atoms with E-state index in [1.807, 2.05) is 6.07 Å². The number of ether oxygens (including phenoxy) is 1. The van der Waals surface area contributed by atoms with E-state index >= 15 is 0 Å². The second kappa shape index (κ2) is 11.5. The molecule has 160 valence electrons. The van der Waals surface area contributed by atoms with Gasteiger partial charge in [-0.15, -0.1) is 12.4 Å². The fraction of sp³-hybridized carbons (Fsp3) is 0.214. The molecule has 1 unspecified atom stereocenters. The first kappa shape index (κ1) is 22.9. The van der Waals surface area contributed by atoms with Crippen molar-refractivity contribution in [3.63, 3.8) is 0 Å². The number of benzene rings is 4. The average Bonchev–Trinajstić information content (AvgIpc) is 2.82. The van der Waals surface area contributed by atoms with E-state index in [9.17, 15) is 0 Å². The Morgan fingerprint density at radius 3 is 2.19 bits per heavy atom. The predicted molar refractivity (Wildman–Crippen MR) is 133 cm³/mol. The lowest BCUT2D eigenvalue weighted by Gasteiger charge is -2.21. The fourth-order valence-corrected chi connectivity index (χ4v) is 3.95. The molecule has 3 heteroatoms. The Balaban J connectivity index is 0.00000272. The molecule has 0 fully saturated rings. The third-order valence-electron chi connectivity index (χ3n) is 5.54. The van der Waals surface area contributed by atoms with Gasteiger partial charge in [0.25, 0.3) is 0 Å². The molecule has 0 amide bonds. The molecule has 0 aliphatic carbocycles. The molecule has 0 saturated heterocycles. The van der Waals surface area contributed by atoms with Crippen molar-refractivity contribution in [2.45, 2.75) is 39.0 Å². The maximum absolute atomic E-state index is 6.29. The SMILES string of the molecule is CCCC(NCc1c(OCc2ccccc2)ccc2ccccc12)c1ccccc1.Cl. The normalized spacial score (nSPS) is 11.6. The monoisotopic (exact) mass is 431 g/mol. The van der Waals surface area contributed by atoms with Crippen LogP contribution in [0.1, 0.15) is 42.5 Å². The summed E-state index contributed by atoms with van der Waals surface area (Å²) in [5.41, 5.74) is 3.74. The Bertz CT molecular complexity index is 1070. The van der Waals surface area contributed by atoms with Crippen molar-refractivity contribution in [2.24, 2.45) is 0 Å². The molecule has 0 saturated carbocycles. The number of rotatable bonds is 9. The van der Waals surface area contributed by atoms with Crippen LogP contribution in [0.3, 0.4) is 0 Å². The van der Waals surface area contributed by atoms with Crippen molar-refractivity contribution >= 4 is 23.2 Å². The summed E-state index contributed by atoms with van der Waals surface area (Å²) in [5, 5.41) is 6.30. The highest BCUT2D eigenvalue weighted by Gasteiger charge is 2.14. The summed E-state index contributed by atoms with van der Waals surface area (Å²) in [6.07, 6.45) is 2.24. The number of halogens is 1. The van der Waals surface area contributed by atoms with Gasteiger partial charge in [0.2, 0.25) is 0 Å². The highest BCUT2D eigenvalue weighted by Crippen LogP contribution is 2.30. The Labute approximate surface area is 191 Å². The van der Waals surface area contributed by atoms with Gasteiger partial charge in [-0.3, -0.25) is 0 Å². The van der Waals surface area contributed by atoms with E-state index in [0.29, 0.717) is 12.6 Å². The third-order valence-corrected chi connectivity index (χ3v) is 5.54. The maximum Gasteiger partial charge on any atom is 0.124 e. The summed E-state index contributed by atoms with van der Waals surface area (Å²) >= 11 is 0. The van der Waals surface area contributed by atoms with Gasteiger partial charge in [0.1, 0.15) is 12.4 Å². The zero-order valence-corrected chi connectivity index (χ0v) is 18.8. The van der Waals surface area contributed by atoms with Crippen molar-refractivity contribution in [2.75, 3.05) is 0 Å². The minimum Gasteiger partial charge on any atom is -0.489 e. The molecule has 4 aromatic rings. The van der Waals surface area contributed by atoms with E-state index in [-0.39, 0.29) is 12.4 Å². The van der Waals surface area contributed by atoms with Gasteiger partial charge in [-0.05, 0) is 34.4 Å². The van der Waals surface area contributed by atoms with Gasteiger partial charge < -0.3 is 10.1 Å². The van der Waals surface area contributed by atoms with E-state index in [2.05, 4.69) is 103 Å². The summed E-state index contributed by atoms with van der Waals surface area (Å²) in [4.78, 5) is 0. The zero-order chi connectivity index (χ0) is 20.6. The highest BCUT2D eigenvalue weighted by atomic mass is 35.5. The van der Waals surface area contributed by atoms with Crippen LogP contribution in [0, 0.1) is 0 Å². The van der Waals surface area contributed by atoms with Gasteiger partial charge in [-0.1, -0.05) is 104 Å². The fourth-order valence-electron chi connectivity index (χ4n) is 3.95. The van der Waals surface area contributed by atoms with Crippen molar-refractivity contribution in [3.05, 3.63) is 114 Å². The molecule has 1 N–H and O–H groups in total. The third kappa shape index (κ3) is 5.88. The van der Waals surface area contributed by atoms with E-state index in [4.69, 9.17) is 4.74 Å². The zero-order valence-electron chi connectivity index (χ0n) is 18.0. The topological polar surface area (TPSA) is 21.3 Å². The highest BCUT2D eigenvalue weighted by molar-refractivity contribution is 5.87. The molecule has 0 spiro atoms. The van der Waals surface area contributed by atoms with E-state index in [1.165, 1.54) is 27.5 Å². The first-order chi connectivity index (χ1) is 14.8. The van der Waals surface area contributed by atoms with Crippen LogP contribution < -0.4 is 10.1 Å². The summed E-state index contributed by atoms with van der Waals surface area (Å²) in [7, 11) is 0.